The number of nitrogens with two attached hydrogens (primary N) is 1. The topological polar surface area (TPSA) is 200 Å². The van der Waals surface area contributed by atoms with E-state index in [1.807, 2.05) is 4.72 Å². The quantitative estimate of drug-likeness (QED) is 0.258. The van der Waals surface area contributed by atoms with Crippen LogP contribution >= 0.6 is 11.3 Å². The van der Waals surface area contributed by atoms with Crippen molar-refractivity contribution in [1.29, 1.82) is 0 Å². The van der Waals surface area contributed by atoms with Crippen LogP contribution in [0.2, 0.25) is 0 Å². The molecular weight excluding hydrogens is 544 g/mol. The molecular formula is C21H24N6O7S3. The second-order valence-electron chi connectivity index (χ2n) is 9.04. The van der Waals surface area contributed by atoms with Crippen molar-refractivity contribution in [3.8, 4) is 11.1 Å². The summed E-state index contributed by atoms with van der Waals surface area (Å²) in [6, 6.07) is 8.49. The van der Waals surface area contributed by atoms with Gasteiger partial charge in [-0.3, -0.25) is 4.79 Å². The molecule has 4 N–H and O–H groups in total. The van der Waals surface area contributed by atoms with E-state index >= 15 is 0 Å². The average Bonchev–Trinajstić information content (AvgIpc) is 3.38. The second-order valence-corrected chi connectivity index (χ2v) is 13.6. The Morgan fingerprint density at radius 2 is 1.86 bits per heavy atom. The number of aliphatic hydroxyl groups is 1. The third-order valence-electron chi connectivity index (χ3n) is 5.07. The van der Waals surface area contributed by atoms with Crippen LogP contribution in [0.4, 0.5) is 0 Å². The molecule has 3 aromatic heterocycles. The number of rotatable bonds is 9. The van der Waals surface area contributed by atoms with Gasteiger partial charge in [-0.25, -0.2) is 18.5 Å². The summed E-state index contributed by atoms with van der Waals surface area (Å²) in [5.41, 5.74) is 0.510. The highest BCUT2D eigenvalue weighted by atomic mass is 32.2. The molecule has 37 heavy (non-hydrogen) atoms. The molecule has 13 nitrogen and oxygen atoms in total. The van der Waals surface area contributed by atoms with E-state index in [0.717, 1.165) is 17.6 Å². The van der Waals surface area contributed by atoms with Crippen LogP contribution < -0.4 is 15.4 Å². The molecule has 1 atom stereocenters. The van der Waals surface area contributed by atoms with E-state index in [4.69, 9.17) is 9.56 Å². The number of fused-ring (bicyclic) bond motifs is 1. The standard InChI is InChI=1S/C21H24N6O7S3/c1-21(2,29)11-27-7-6-13(9-17(27)28)12-4-5-15-14(8-12)24-20(35-15)18(36(3,30)31)19-26-25-16(34-19)10-23-37(22,32)33/h4-9,18,23,29H,10-11H2,1-3H3,(H2,22,32,33). The van der Waals surface area contributed by atoms with Crippen LogP contribution in [0, 0.1) is 0 Å². The summed E-state index contributed by atoms with van der Waals surface area (Å²) >= 11 is 1.13. The number of hydrogen-bond donors (Lipinski definition) is 3. The largest absolute Gasteiger partial charge is 0.422 e. The van der Waals surface area contributed by atoms with Crippen molar-refractivity contribution in [3.05, 3.63) is 63.7 Å². The predicted molar refractivity (Wildman–Crippen MR) is 137 cm³/mol. The maximum atomic E-state index is 12.6. The van der Waals surface area contributed by atoms with Crippen LogP contribution in [0.1, 0.15) is 35.9 Å². The highest BCUT2D eigenvalue weighted by molar-refractivity contribution is 7.91. The van der Waals surface area contributed by atoms with E-state index in [9.17, 15) is 26.7 Å². The summed E-state index contributed by atoms with van der Waals surface area (Å²) in [7, 11) is -7.82. The summed E-state index contributed by atoms with van der Waals surface area (Å²) in [6.07, 6.45) is 2.61. The summed E-state index contributed by atoms with van der Waals surface area (Å²) in [6.45, 7) is 2.96. The highest BCUT2D eigenvalue weighted by Gasteiger charge is 2.34. The molecule has 0 spiro atoms. The first-order valence-electron chi connectivity index (χ1n) is 10.7. The molecule has 4 aromatic rings. The van der Waals surface area contributed by atoms with E-state index in [2.05, 4.69) is 15.2 Å². The molecule has 16 heteroatoms. The van der Waals surface area contributed by atoms with Crippen LogP contribution in [-0.4, -0.2) is 53.5 Å². The Balaban J connectivity index is 1.67. The van der Waals surface area contributed by atoms with Gasteiger partial charge in [0, 0.05) is 18.5 Å². The third kappa shape index (κ3) is 6.65. The van der Waals surface area contributed by atoms with Crippen molar-refractivity contribution in [2.24, 2.45) is 5.14 Å². The Morgan fingerprint density at radius 1 is 1.16 bits per heavy atom. The zero-order valence-corrected chi connectivity index (χ0v) is 22.4. The fraction of sp³-hybridized carbons (Fsp3) is 0.333. The lowest BCUT2D eigenvalue weighted by Gasteiger charge is -2.18. The fourth-order valence-electron chi connectivity index (χ4n) is 3.55. The van der Waals surface area contributed by atoms with Gasteiger partial charge in [0.1, 0.15) is 5.01 Å². The van der Waals surface area contributed by atoms with Crippen LogP contribution in [0.15, 0.2) is 45.7 Å². The summed E-state index contributed by atoms with van der Waals surface area (Å²) in [4.78, 5) is 17.0. The van der Waals surface area contributed by atoms with Crippen LogP contribution in [-0.2, 0) is 33.1 Å². The van der Waals surface area contributed by atoms with Gasteiger partial charge in [-0.05, 0) is 43.2 Å². The number of hydrogen-bond acceptors (Lipinski definition) is 11. The predicted octanol–water partition coefficient (Wildman–Crippen LogP) is 0.706. The second kappa shape index (κ2) is 9.70. The number of benzene rings is 1. The van der Waals surface area contributed by atoms with E-state index < -0.39 is 37.4 Å². The van der Waals surface area contributed by atoms with Crippen molar-refractivity contribution in [1.82, 2.24) is 24.5 Å². The summed E-state index contributed by atoms with van der Waals surface area (Å²) in [5.74, 6) is -0.427. The number of thiazole rings is 1. The molecule has 0 saturated carbocycles. The van der Waals surface area contributed by atoms with Gasteiger partial charge >= 0.3 is 0 Å². The van der Waals surface area contributed by atoms with Crippen molar-refractivity contribution < 1.29 is 26.4 Å². The minimum atomic E-state index is -4.01. The molecule has 3 heterocycles. The lowest BCUT2D eigenvalue weighted by atomic mass is 10.1. The van der Waals surface area contributed by atoms with Gasteiger partial charge in [0.15, 0.2) is 15.1 Å². The number of aromatic nitrogens is 4. The van der Waals surface area contributed by atoms with Gasteiger partial charge in [0.2, 0.25) is 11.8 Å². The Hall–Kier alpha value is -3.02. The third-order valence-corrected chi connectivity index (χ3v) is 8.15. The molecule has 4 rings (SSSR count). The van der Waals surface area contributed by atoms with Gasteiger partial charge in [-0.15, -0.1) is 21.5 Å². The van der Waals surface area contributed by atoms with Gasteiger partial charge in [0.05, 0.1) is 28.9 Å². The van der Waals surface area contributed by atoms with E-state index in [1.165, 1.54) is 10.6 Å². The number of sulfone groups is 1. The molecule has 1 unspecified atom stereocenters. The zero-order chi connectivity index (χ0) is 27.2. The SMILES string of the molecule is CC(C)(O)Cn1ccc(-c2ccc3sc(C(c4nnc(CNS(N)(=O)=O)o4)S(C)(=O)=O)nc3c2)cc1=O. The van der Waals surface area contributed by atoms with Gasteiger partial charge < -0.3 is 14.1 Å². The smallest absolute Gasteiger partial charge is 0.274 e. The minimum Gasteiger partial charge on any atom is -0.422 e. The molecule has 0 amide bonds. The van der Waals surface area contributed by atoms with Gasteiger partial charge in [-0.2, -0.15) is 13.1 Å². The first-order chi connectivity index (χ1) is 17.1. The van der Waals surface area contributed by atoms with E-state index in [-0.39, 0.29) is 28.9 Å². The Bertz CT molecular complexity index is 1730. The van der Waals surface area contributed by atoms with E-state index in [0.29, 0.717) is 21.3 Å². The van der Waals surface area contributed by atoms with Crippen LogP contribution in [0.3, 0.4) is 0 Å². The highest BCUT2D eigenvalue weighted by Crippen LogP contribution is 2.36. The molecule has 0 radical (unpaired) electrons. The average molecular weight is 569 g/mol. The number of nitrogens with zero attached hydrogens (tertiary/aromatic N) is 4. The first kappa shape index (κ1) is 27.0. The van der Waals surface area contributed by atoms with Crippen molar-refractivity contribution in [2.45, 2.75) is 37.8 Å². The van der Waals surface area contributed by atoms with E-state index in [1.54, 1.807) is 44.3 Å². The fourth-order valence-corrected chi connectivity index (χ4v) is 6.35. The summed E-state index contributed by atoms with van der Waals surface area (Å²) in [5, 5.41) is 21.2. The first-order valence-corrected chi connectivity index (χ1v) is 15.0. The van der Waals surface area contributed by atoms with Crippen LogP contribution in [0.25, 0.3) is 21.3 Å². The zero-order valence-electron chi connectivity index (χ0n) is 19.9. The molecule has 0 fully saturated rings. The van der Waals surface area contributed by atoms with Crippen molar-refractivity contribution >= 4 is 41.6 Å². The monoisotopic (exact) mass is 568 g/mol. The maximum Gasteiger partial charge on any atom is 0.274 e. The summed E-state index contributed by atoms with van der Waals surface area (Å²) < 4.78 is 57.0. The van der Waals surface area contributed by atoms with Gasteiger partial charge in [0.25, 0.3) is 15.8 Å². The Morgan fingerprint density at radius 3 is 2.49 bits per heavy atom. The molecule has 1 aromatic carbocycles. The Kier molecular flexibility index (Phi) is 7.08. The molecule has 198 valence electrons. The molecule has 0 aliphatic rings. The lowest BCUT2D eigenvalue weighted by Crippen LogP contribution is -2.32. The van der Waals surface area contributed by atoms with Crippen molar-refractivity contribution in [3.63, 3.8) is 0 Å². The van der Waals surface area contributed by atoms with Crippen LogP contribution in [0.5, 0.6) is 0 Å². The number of pyridine rings is 1. The van der Waals surface area contributed by atoms with Gasteiger partial charge in [-0.1, -0.05) is 6.07 Å². The molecule has 0 saturated heterocycles. The normalized spacial score (nSPS) is 13.8. The Labute approximate surface area is 216 Å². The minimum absolute atomic E-state index is 0.142. The molecule has 0 aliphatic carbocycles. The maximum absolute atomic E-state index is 12.6. The number of nitrogens with one attached hydrogen (secondary N) is 1. The molecule has 0 aliphatic heterocycles. The molecule has 0 bridgehead atoms. The lowest BCUT2D eigenvalue weighted by molar-refractivity contribution is 0.0604. The van der Waals surface area contributed by atoms with Crippen molar-refractivity contribution in [2.75, 3.05) is 6.26 Å².